The van der Waals surface area contributed by atoms with E-state index in [1.165, 1.54) is 5.56 Å². The smallest absolute Gasteiger partial charge is 0.318 e. The molecule has 2 heteroatoms. The van der Waals surface area contributed by atoms with Gasteiger partial charge < -0.3 is 4.74 Å². The summed E-state index contributed by atoms with van der Waals surface area (Å²) in [6.45, 7) is 8.30. The molecule has 0 aliphatic rings. The first-order chi connectivity index (χ1) is 10.5. The third-order valence-electron chi connectivity index (χ3n) is 3.72. The summed E-state index contributed by atoms with van der Waals surface area (Å²) < 4.78 is 5.44. The zero-order valence-electron chi connectivity index (χ0n) is 13.8. The molecule has 116 valence electrons. The highest BCUT2D eigenvalue weighted by molar-refractivity contribution is 5.79. The fourth-order valence-corrected chi connectivity index (χ4v) is 2.36. The number of aryl methyl sites for hydroxylation is 1. The first kappa shape index (κ1) is 16.3. The fourth-order valence-electron chi connectivity index (χ4n) is 2.36. The molecule has 0 aliphatic heterocycles. The molecule has 0 N–H and O–H groups in total. The summed E-state index contributed by atoms with van der Waals surface area (Å²) in [6, 6.07) is 15.8. The number of ether oxygens (including phenoxy) is 1. The molecule has 0 amide bonds. The van der Waals surface area contributed by atoms with Gasteiger partial charge in [-0.15, -0.1) is 0 Å². The summed E-state index contributed by atoms with van der Waals surface area (Å²) in [4.78, 5) is 12.2. The number of rotatable bonds is 5. The molecule has 2 rings (SSSR count). The third kappa shape index (κ3) is 4.45. The van der Waals surface area contributed by atoms with Crippen LogP contribution in [0.3, 0.4) is 0 Å². The van der Waals surface area contributed by atoms with Crippen LogP contribution in [0.4, 0.5) is 0 Å². The third-order valence-corrected chi connectivity index (χ3v) is 3.72. The van der Waals surface area contributed by atoms with E-state index in [4.69, 9.17) is 4.74 Å². The molecule has 0 saturated carbocycles. The van der Waals surface area contributed by atoms with Gasteiger partial charge in [-0.2, -0.15) is 0 Å². The average Bonchev–Trinajstić information content (AvgIpc) is 2.49. The highest BCUT2D eigenvalue weighted by atomic mass is 16.5. The van der Waals surface area contributed by atoms with E-state index in [2.05, 4.69) is 26.0 Å². The maximum Gasteiger partial charge on any atom is 0.318 e. The second-order valence-electron chi connectivity index (χ2n) is 6.30. The van der Waals surface area contributed by atoms with Gasteiger partial charge >= 0.3 is 5.97 Å². The Morgan fingerprint density at radius 1 is 0.955 bits per heavy atom. The Morgan fingerprint density at radius 3 is 2.09 bits per heavy atom. The van der Waals surface area contributed by atoms with Crippen molar-refractivity contribution in [2.75, 3.05) is 0 Å². The lowest BCUT2D eigenvalue weighted by molar-refractivity contribution is -0.135. The van der Waals surface area contributed by atoms with E-state index < -0.39 is 0 Å². The van der Waals surface area contributed by atoms with E-state index in [1.54, 1.807) is 0 Å². The molecular weight excluding hydrogens is 272 g/mol. The molecule has 0 saturated heterocycles. The van der Waals surface area contributed by atoms with Crippen LogP contribution in [0.15, 0.2) is 48.5 Å². The lowest BCUT2D eigenvalue weighted by Crippen LogP contribution is -2.16. The topological polar surface area (TPSA) is 26.3 Å². The van der Waals surface area contributed by atoms with Gasteiger partial charge in [0, 0.05) is 0 Å². The molecule has 0 spiro atoms. The van der Waals surface area contributed by atoms with Crippen LogP contribution in [0, 0.1) is 12.8 Å². The van der Waals surface area contributed by atoms with Crippen molar-refractivity contribution in [3.63, 3.8) is 0 Å². The molecule has 0 heterocycles. The first-order valence-corrected chi connectivity index (χ1v) is 7.83. The number of benzene rings is 2. The zero-order chi connectivity index (χ0) is 16.1. The summed E-state index contributed by atoms with van der Waals surface area (Å²) in [5.41, 5.74) is 3.44. The minimum atomic E-state index is -0.269. The van der Waals surface area contributed by atoms with Crippen LogP contribution in [-0.4, -0.2) is 5.97 Å². The van der Waals surface area contributed by atoms with Gasteiger partial charge in [-0.05, 0) is 49.4 Å². The number of carbonyl (C=O) groups is 1. The van der Waals surface area contributed by atoms with Gasteiger partial charge in [-0.25, -0.2) is 0 Å². The zero-order valence-corrected chi connectivity index (χ0v) is 13.8. The standard InChI is InChI=1S/C20H24O2/c1-14(2)13-17-7-9-18(10-8-17)16(4)20(21)22-19-11-5-15(3)6-12-19/h5-12,14,16H,13H2,1-4H3/t16-/m0/s1. The van der Waals surface area contributed by atoms with Crippen molar-refractivity contribution in [1.29, 1.82) is 0 Å². The normalized spacial score (nSPS) is 12.2. The Kier molecular flexibility index (Phi) is 5.37. The summed E-state index contributed by atoms with van der Waals surface area (Å²) in [7, 11) is 0. The largest absolute Gasteiger partial charge is 0.426 e. The number of esters is 1. The fraction of sp³-hybridized carbons (Fsp3) is 0.350. The monoisotopic (exact) mass is 296 g/mol. The van der Waals surface area contributed by atoms with Crippen LogP contribution < -0.4 is 4.74 Å². The molecule has 2 aromatic rings. The highest BCUT2D eigenvalue weighted by Crippen LogP contribution is 2.21. The molecule has 0 aliphatic carbocycles. The molecule has 2 nitrogen and oxygen atoms in total. The summed E-state index contributed by atoms with van der Waals surface area (Å²) in [5, 5.41) is 0. The predicted octanol–water partition coefficient (Wildman–Crippen LogP) is 4.90. The van der Waals surface area contributed by atoms with Gasteiger partial charge in [0.2, 0.25) is 0 Å². The molecule has 1 atom stereocenters. The molecule has 0 fully saturated rings. The molecule has 0 aromatic heterocycles. The molecule has 0 unspecified atom stereocenters. The quantitative estimate of drug-likeness (QED) is 0.579. The molecular formula is C20H24O2. The van der Waals surface area contributed by atoms with Crippen molar-refractivity contribution in [2.24, 2.45) is 5.92 Å². The van der Waals surface area contributed by atoms with Crippen LogP contribution in [0.25, 0.3) is 0 Å². The van der Waals surface area contributed by atoms with Crippen molar-refractivity contribution in [1.82, 2.24) is 0 Å². The Bertz CT molecular complexity index is 609. The molecule has 0 radical (unpaired) electrons. The summed E-state index contributed by atoms with van der Waals surface area (Å²) in [6.07, 6.45) is 1.06. The van der Waals surface area contributed by atoms with Crippen molar-refractivity contribution in [2.45, 2.75) is 40.0 Å². The van der Waals surface area contributed by atoms with Crippen LogP contribution >= 0.6 is 0 Å². The maximum absolute atomic E-state index is 12.2. The lowest BCUT2D eigenvalue weighted by Gasteiger charge is -2.13. The second kappa shape index (κ2) is 7.26. The van der Waals surface area contributed by atoms with E-state index in [0.29, 0.717) is 11.7 Å². The van der Waals surface area contributed by atoms with E-state index >= 15 is 0 Å². The molecule has 2 aromatic carbocycles. The van der Waals surface area contributed by atoms with Gasteiger partial charge in [-0.3, -0.25) is 4.79 Å². The lowest BCUT2D eigenvalue weighted by atomic mass is 9.97. The maximum atomic E-state index is 12.2. The van der Waals surface area contributed by atoms with Gasteiger partial charge in [0.1, 0.15) is 5.75 Å². The van der Waals surface area contributed by atoms with Crippen molar-refractivity contribution in [3.05, 3.63) is 65.2 Å². The van der Waals surface area contributed by atoms with Crippen molar-refractivity contribution >= 4 is 5.97 Å². The molecule has 22 heavy (non-hydrogen) atoms. The minimum Gasteiger partial charge on any atom is -0.426 e. The van der Waals surface area contributed by atoms with Crippen molar-refractivity contribution in [3.8, 4) is 5.75 Å². The van der Waals surface area contributed by atoms with Crippen molar-refractivity contribution < 1.29 is 9.53 Å². The van der Waals surface area contributed by atoms with E-state index in [9.17, 15) is 4.79 Å². The van der Waals surface area contributed by atoms with E-state index in [1.807, 2.05) is 50.2 Å². The van der Waals surface area contributed by atoms with E-state index in [0.717, 1.165) is 17.5 Å². The Balaban J connectivity index is 2.02. The Morgan fingerprint density at radius 2 is 1.55 bits per heavy atom. The Labute approximate surface area is 133 Å². The highest BCUT2D eigenvalue weighted by Gasteiger charge is 2.17. The SMILES string of the molecule is Cc1ccc(OC(=O)[C@@H](C)c2ccc(CC(C)C)cc2)cc1. The van der Waals surface area contributed by atoms with Gasteiger partial charge in [-0.1, -0.05) is 55.8 Å². The summed E-state index contributed by atoms with van der Waals surface area (Å²) >= 11 is 0. The van der Waals surface area contributed by atoms with Crippen LogP contribution in [0.1, 0.15) is 43.4 Å². The predicted molar refractivity (Wildman–Crippen MR) is 90.2 cm³/mol. The van der Waals surface area contributed by atoms with Gasteiger partial charge in [0.15, 0.2) is 0 Å². The number of carbonyl (C=O) groups excluding carboxylic acids is 1. The van der Waals surface area contributed by atoms with Gasteiger partial charge in [0.05, 0.1) is 5.92 Å². The van der Waals surface area contributed by atoms with Crippen LogP contribution in [0.5, 0.6) is 5.75 Å². The Hall–Kier alpha value is -2.09. The average molecular weight is 296 g/mol. The van der Waals surface area contributed by atoms with Crippen LogP contribution in [0.2, 0.25) is 0 Å². The van der Waals surface area contributed by atoms with Gasteiger partial charge in [0.25, 0.3) is 0 Å². The number of hydrogen-bond donors (Lipinski definition) is 0. The second-order valence-corrected chi connectivity index (χ2v) is 6.30. The molecule has 0 bridgehead atoms. The first-order valence-electron chi connectivity index (χ1n) is 7.83. The summed E-state index contributed by atoms with van der Waals surface area (Å²) in [5.74, 6) is 0.739. The number of hydrogen-bond acceptors (Lipinski definition) is 2. The minimum absolute atomic E-state index is 0.222. The van der Waals surface area contributed by atoms with E-state index in [-0.39, 0.29) is 11.9 Å². The van der Waals surface area contributed by atoms with Crippen LogP contribution in [-0.2, 0) is 11.2 Å².